The number of allylic oxidation sites excluding steroid dienone is 1. The van der Waals surface area contributed by atoms with Gasteiger partial charge in [0.2, 0.25) is 5.95 Å². The van der Waals surface area contributed by atoms with Gasteiger partial charge in [-0.15, -0.1) is 0 Å². The van der Waals surface area contributed by atoms with Crippen molar-refractivity contribution in [1.29, 1.82) is 0 Å². The first-order valence-electron chi connectivity index (χ1n) is 10.6. The van der Waals surface area contributed by atoms with Crippen LogP contribution in [0.5, 0.6) is 0 Å². The number of nitrogens with zero attached hydrogens (tertiary/aromatic N) is 4. The molecule has 9 heteroatoms. The lowest BCUT2D eigenvalue weighted by atomic mass is 9.95. The highest BCUT2D eigenvalue weighted by Gasteiger charge is 2.36. The number of hydrogen-bond acceptors (Lipinski definition) is 7. The number of nitro groups is 1. The first-order valence-corrected chi connectivity index (χ1v) is 10.6. The molecule has 2 aromatic rings. The molecule has 1 atom stereocenters. The lowest BCUT2D eigenvalue weighted by molar-refractivity contribution is -0.384. The largest absolute Gasteiger partial charge is 0.463 e. The third-order valence-electron chi connectivity index (χ3n) is 5.22. The molecule has 31 heavy (non-hydrogen) atoms. The predicted octanol–water partition coefficient (Wildman–Crippen LogP) is 4.27. The molecule has 0 spiro atoms. The molecule has 3 rings (SSSR count). The Morgan fingerprint density at radius 1 is 1.29 bits per heavy atom. The van der Waals surface area contributed by atoms with Crippen molar-refractivity contribution in [3.63, 3.8) is 0 Å². The maximum absolute atomic E-state index is 13.0. The Labute approximate surface area is 181 Å². The van der Waals surface area contributed by atoms with Crippen molar-refractivity contribution >= 4 is 23.4 Å². The number of anilines is 2. The Hall–Kier alpha value is -3.36. The molecule has 0 saturated carbocycles. The zero-order chi connectivity index (χ0) is 22.5. The molecule has 1 aromatic carbocycles. The highest BCUT2D eigenvalue weighted by molar-refractivity contribution is 5.92. The van der Waals surface area contributed by atoms with Gasteiger partial charge in [-0.1, -0.05) is 26.0 Å². The fourth-order valence-corrected chi connectivity index (χ4v) is 3.98. The van der Waals surface area contributed by atoms with E-state index in [-0.39, 0.29) is 12.3 Å². The molecule has 1 aromatic heterocycles. The van der Waals surface area contributed by atoms with Crippen LogP contribution in [0.2, 0.25) is 0 Å². The Balaban J connectivity index is 2.23. The van der Waals surface area contributed by atoms with E-state index >= 15 is 0 Å². The van der Waals surface area contributed by atoms with E-state index in [1.165, 1.54) is 12.1 Å². The molecule has 1 aliphatic rings. The first-order chi connectivity index (χ1) is 14.9. The Morgan fingerprint density at radius 3 is 2.61 bits per heavy atom. The van der Waals surface area contributed by atoms with Crippen LogP contribution in [0.15, 0.2) is 41.7 Å². The van der Waals surface area contributed by atoms with Crippen molar-refractivity contribution < 1.29 is 14.5 Å². The number of nitro benzene ring substituents is 1. The summed E-state index contributed by atoms with van der Waals surface area (Å²) in [5.74, 6) is 0.998. The summed E-state index contributed by atoms with van der Waals surface area (Å²) in [6, 6.07) is 5.80. The summed E-state index contributed by atoms with van der Waals surface area (Å²) < 4.78 is 7.30. The van der Waals surface area contributed by atoms with Crippen LogP contribution in [0.3, 0.4) is 0 Å². The Morgan fingerprint density at radius 2 is 2.00 bits per heavy atom. The number of rotatable bonds is 9. The third-order valence-corrected chi connectivity index (χ3v) is 5.22. The summed E-state index contributed by atoms with van der Waals surface area (Å²) in [5.41, 5.74) is 1.64. The summed E-state index contributed by atoms with van der Waals surface area (Å²) in [6.45, 7) is 9.67. The van der Waals surface area contributed by atoms with Crippen LogP contribution in [0.4, 0.5) is 17.5 Å². The summed E-state index contributed by atoms with van der Waals surface area (Å²) in [4.78, 5) is 30.8. The van der Waals surface area contributed by atoms with Crippen LogP contribution in [-0.4, -0.2) is 40.1 Å². The van der Waals surface area contributed by atoms with Crippen molar-refractivity contribution in [3.8, 4) is 0 Å². The van der Waals surface area contributed by atoms with Gasteiger partial charge in [0.05, 0.1) is 29.3 Å². The summed E-state index contributed by atoms with van der Waals surface area (Å²) in [7, 11) is 0. The van der Waals surface area contributed by atoms with Crippen LogP contribution >= 0.6 is 0 Å². The lowest BCUT2D eigenvalue weighted by Gasteiger charge is -2.34. The molecule has 0 fully saturated rings. The highest BCUT2D eigenvalue weighted by Crippen LogP contribution is 2.41. The van der Waals surface area contributed by atoms with Gasteiger partial charge in [-0.25, -0.2) is 9.78 Å². The highest BCUT2D eigenvalue weighted by atomic mass is 16.6. The summed E-state index contributed by atoms with van der Waals surface area (Å²) >= 11 is 0. The number of aromatic nitrogens is 2. The van der Waals surface area contributed by atoms with Crippen LogP contribution in [0.25, 0.3) is 0 Å². The number of nitrogens with one attached hydrogen (secondary N) is 1. The third kappa shape index (κ3) is 4.40. The van der Waals surface area contributed by atoms with Crippen molar-refractivity contribution in [2.24, 2.45) is 0 Å². The van der Waals surface area contributed by atoms with E-state index < -0.39 is 16.9 Å². The monoisotopic (exact) mass is 427 g/mol. The van der Waals surface area contributed by atoms with Crippen molar-refractivity contribution in [1.82, 2.24) is 9.55 Å². The molecule has 0 amide bonds. The second kappa shape index (κ2) is 9.63. The average Bonchev–Trinajstić information content (AvgIpc) is 3.16. The van der Waals surface area contributed by atoms with Crippen LogP contribution in [-0.2, 0) is 9.53 Å². The fraction of sp³-hybridized carbons (Fsp3) is 0.455. The fourth-order valence-electron chi connectivity index (χ4n) is 3.98. The predicted molar refractivity (Wildman–Crippen MR) is 119 cm³/mol. The summed E-state index contributed by atoms with van der Waals surface area (Å²) in [6.07, 6.45) is 3.70. The average molecular weight is 428 g/mol. The Bertz CT molecular complexity index is 992. The van der Waals surface area contributed by atoms with Crippen LogP contribution in [0, 0.1) is 10.1 Å². The van der Waals surface area contributed by atoms with E-state index in [9.17, 15) is 14.9 Å². The quantitative estimate of drug-likeness (QED) is 0.362. The molecular formula is C22H29N5O4. The minimum Gasteiger partial charge on any atom is -0.463 e. The van der Waals surface area contributed by atoms with E-state index in [0.717, 1.165) is 31.7 Å². The van der Waals surface area contributed by atoms with Crippen molar-refractivity contribution in [2.45, 2.75) is 46.6 Å². The molecule has 2 heterocycles. The molecule has 0 radical (unpaired) electrons. The number of carbonyl (C=O) groups excluding carboxylic acids is 1. The lowest BCUT2D eigenvalue weighted by Crippen LogP contribution is -2.33. The van der Waals surface area contributed by atoms with E-state index in [1.54, 1.807) is 32.2 Å². The minimum atomic E-state index is -0.594. The molecular weight excluding hydrogens is 398 g/mol. The molecule has 0 saturated heterocycles. The van der Waals surface area contributed by atoms with E-state index in [0.29, 0.717) is 22.8 Å². The van der Waals surface area contributed by atoms with Gasteiger partial charge in [0.15, 0.2) is 0 Å². The number of benzene rings is 1. The minimum absolute atomic E-state index is 0.0286. The van der Waals surface area contributed by atoms with E-state index in [1.807, 2.05) is 4.57 Å². The zero-order valence-electron chi connectivity index (χ0n) is 18.4. The number of esters is 1. The van der Waals surface area contributed by atoms with Gasteiger partial charge in [0.25, 0.3) is 5.69 Å². The van der Waals surface area contributed by atoms with Gasteiger partial charge in [-0.3, -0.25) is 14.7 Å². The normalized spacial score (nSPS) is 15.3. The summed E-state index contributed by atoms with van der Waals surface area (Å²) in [5, 5.41) is 14.6. The number of fused-ring (bicyclic) bond motifs is 1. The van der Waals surface area contributed by atoms with Crippen molar-refractivity contribution in [3.05, 3.63) is 57.4 Å². The SMILES string of the molecule is CCCN(CCC)c1cnc2n1C(c1cccc([N+](=O)[O-])c1)C(C(=O)OCC)=C(C)N2. The van der Waals surface area contributed by atoms with Gasteiger partial charge in [0.1, 0.15) is 5.82 Å². The number of non-ortho nitro benzene ring substituents is 1. The van der Waals surface area contributed by atoms with Crippen LogP contribution < -0.4 is 10.2 Å². The topological polar surface area (TPSA) is 103 Å². The Kier molecular flexibility index (Phi) is 6.94. The zero-order valence-corrected chi connectivity index (χ0v) is 18.4. The van der Waals surface area contributed by atoms with Gasteiger partial charge in [-0.2, -0.15) is 0 Å². The van der Waals surface area contributed by atoms with Crippen molar-refractivity contribution in [2.75, 3.05) is 29.9 Å². The second-order valence-electron chi connectivity index (χ2n) is 7.44. The molecule has 1 N–H and O–H groups in total. The molecule has 1 unspecified atom stereocenters. The molecule has 0 aliphatic carbocycles. The van der Waals surface area contributed by atoms with Gasteiger partial charge in [-0.05, 0) is 32.3 Å². The molecule has 166 valence electrons. The molecule has 9 nitrogen and oxygen atoms in total. The smallest absolute Gasteiger partial charge is 0.338 e. The first kappa shape index (κ1) is 22.3. The number of hydrogen-bond donors (Lipinski definition) is 1. The van der Waals surface area contributed by atoms with Crippen LogP contribution in [0.1, 0.15) is 52.1 Å². The maximum atomic E-state index is 13.0. The number of imidazole rings is 1. The molecule has 0 bridgehead atoms. The van der Waals surface area contributed by atoms with E-state index in [2.05, 4.69) is 29.0 Å². The van der Waals surface area contributed by atoms with Gasteiger partial charge < -0.3 is 15.0 Å². The second-order valence-corrected chi connectivity index (χ2v) is 7.44. The van der Waals surface area contributed by atoms with E-state index in [4.69, 9.17) is 4.74 Å². The molecule has 1 aliphatic heterocycles. The maximum Gasteiger partial charge on any atom is 0.338 e. The number of ether oxygens (including phenoxy) is 1. The van der Waals surface area contributed by atoms with Gasteiger partial charge in [0, 0.05) is 30.9 Å². The number of carbonyl (C=O) groups is 1. The van der Waals surface area contributed by atoms with Gasteiger partial charge >= 0.3 is 5.97 Å². The standard InChI is InChI=1S/C22H29N5O4/c1-5-11-25(12-6-2)18-14-23-22-24-15(4)19(21(28)31-7-3)20(26(18)22)16-9-8-10-17(13-16)27(29)30/h8-10,13-14,20H,5-7,11-12H2,1-4H3,(H,23,24).